The molecule has 2 atom stereocenters. The maximum Gasteiger partial charge on any atom is 0.253 e. The number of carbonyl (C=O) groups excluding carboxylic acids is 2. The van der Waals surface area contributed by atoms with Gasteiger partial charge in [0.2, 0.25) is 0 Å². The molecule has 1 aromatic heterocycles. The molecular weight excluding hydrogens is 400 g/mol. The van der Waals surface area contributed by atoms with E-state index in [2.05, 4.69) is 43.2 Å². The fourth-order valence-corrected chi connectivity index (χ4v) is 4.57. The Morgan fingerprint density at radius 2 is 1.78 bits per heavy atom. The van der Waals surface area contributed by atoms with E-state index in [-0.39, 0.29) is 23.5 Å². The Labute approximate surface area is 189 Å². The largest absolute Gasteiger partial charge is 0.497 e. The van der Waals surface area contributed by atoms with E-state index in [0.717, 1.165) is 22.4 Å². The van der Waals surface area contributed by atoms with Crippen molar-refractivity contribution in [3.63, 3.8) is 0 Å². The summed E-state index contributed by atoms with van der Waals surface area (Å²) in [4.78, 5) is 30.0. The number of hydrogen-bond acceptors (Lipinski definition) is 3. The van der Waals surface area contributed by atoms with Crippen molar-refractivity contribution in [2.24, 2.45) is 5.92 Å². The van der Waals surface area contributed by atoms with Gasteiger partial charge in [0.25, 0.3) is 5.91 Å². The van der Waals surface area contributed by atoms with Gasteiger partial charge in [-0.05, 0) is 58.7 Å². The summed E-state index contributed by atoms with van der Waals surface area (Å²) in [6, 6.07) is 17.7. The quantitative estimate of drug-likeness (QED) is 0.539. The summed E-state index contributed by atoms with van der Waals surface area (Å²) < 4.78 is 5.28. The number of benzene rings is 2. The number of ether oxygens (including phenoxy) is 1. The van der Waals surface area contributed by atoms with Crippen molar-refractivity contribution < 1.29 is 14.3 Å². The smallest absolute Gasteiger partial charge is 0.253 e. The first kappa shape index (κ1) is 21.9. The van der Waals surface area contributed by atoms with E-state index >= 15 is 0 Å². The number of hydrogen-bond donors (Lipinski definition) is 2. The molecule has 1 heterocycles. The molecule has 0 radical (unpaired) electrons. The summed E-state index contributed by atoms with van der Waals surface area (Å²) in [5.41, 5.74) is 4.62. The van der Waals surface area contributed by atoms with Crippen molar-refractivity contribution in [3.8, 4) is 17.0 Å². The molecule has 5 nitrogen and oxygen atoms in total. The number of rotatable bonds is 6. The third-order valence-electron chi connectivity index (χ3n) is 6.29. The molecule has 166 valence electrons. The molecule has 0 saturated heterocycles. The van der Waals surface area contributed by atoms with Crippen molar-refractivity contribution in [1.82, 2.24) is 10.3 Å². The van der Waals surface area contributed by atoms with E-state index in [1.807, 2.05) is 42.5 Å². The Morgan fingerprint density at radius 3 is 2.41 bits per heavy atom. The zero-order chi connectivity index (χ0) is 22.8. The fraction of sp³-hybridized carbons (Fsp3) is 0.333. The summed E-state index contributed by atoms with van der Waals surface area (Å²) in [5.74, 6) is 1.03. The molecule has 1 aliphatic carbocycles. The third kappa shape index (κ3) is 4.07. The third-order valence-corrected chi connectivity index (χ3v) is 6.29. The van der Waals surface area contributed by atoms with Gasteiger partial charge < -0.3 is 15.0 Å². The van der Waals surface area contributed by atoms with E-state index < -0.39 is 0 Å². The number of Topliss-reactive ketones (excluding diaryl/α,β-unsaturated/α-hetero) is 1. The molecule has 2 aromatic carbocycles. The number of ketones is 1. The number of aromatic nitrogens is 1. The van der Waals surface area contributed by atoms with Crippen LogP contribution in [0.3, 0.4) is 0 Å². The molecule has 32 heavy (non-hydrogen) atoms. The lowest BCUT2D eigenvalue weighted by Crippen LogP contribution is -2.30. The van der Waals surface area contributed by atoms with Crippen molar-refractivity contribution in [1.29, 1.82) is 0 Å². The van der Waals surface area contributed by atoms with Crippen LogP contribution >= 0.6 is 0 Å². The minimum atomic E-state index is -0.143. The Bertz CT molecular complexity index is 1110. The molecule has 2 N–H and O–H groups in total. The number of fused-ring (bicyclic) bond motifs is 1. The minimum absolute atomic E-state index is 0.0214. The zero-order valence-electron chi connectivity index (χ0n) is 19.1. The molecule has 0 bridgehead atoms. The predicted octanol–water partition coefficient (Wildman–Crippen LogP) is 5.55. The highest BCUT2D eigenvalue weighted by atomic mass is 16.5. The fourth-order valence-electron chi connectivity index (χ4n) is 4.57. The van der Waals surface area contributed by atoms with Gasteiger partial charge in [-0.15, -0.1) is 0 Å². The molecule has 3 aromatic rings. The standard InChI is InChI=1S/C27H30N2O3/c1-16(2)15-28-27(31)24-23-17(3)21(18-8-6-5-7-9-18)14-22(30)26(23)29-25(24)19-10-12-20(32-4)13-11-19/h5-13,16-17,21,29H,14-15H2,1-4H3,(H,28,31)/t17-,21+/m0/s1. The number of aromatic amines is 1. The monoisotopic (exact) mass is 430 g/mol. The van der Waals surface area contributed by atoms with Crippen LogP contribution in [0, 0.1) is 5.92 Å². The molecule has 0 spiro atoms. The number of carbonyl (C=O) groups is 2. The first-order valence-corrected chi connectivity index (χ1v) is 11.2. The summed E-state index contributed by atoms with van der Waals surface area (Å²) in [6.45, 7) is 6.82. The topological polar surface area (TPSA) is 71.2 Å². The lowest BCUT2D eigenvalue weighted by molar-refractivity contribution is 0.0947. The van der Waals surface area contributed by atoms with Gasteiger partial charge in [0, 0.05) is 13.0 Å². The Kier molecular flexibility index (Phi) is 6.17. The van der Waals surface area contributed by atoms with Crippen LogP contribution in [-0.4, -0.2) is 30.3 Å². The summed E-state index contributed by atoms with van der Waals surface area (Å²) in [7, 11) is 1.62. The van der Waals surface area contributed by atoms with Crippen LogP contribution in [0.4, 0.5) is 0 Å². The van der Waals surface area contributed by atoms with Gasteiger partial charge in [0.15, 0.2) is 5.78 Å². The van der Waals surface area contributed by atoms with Crippen molar-refractivity contribution in [2.75, 3.05) is 13.7 Å². The number of amides is 1. The van der Waals surface area contributed by atoms with E-state index in [0.29, 0.717) is 35.8 Å². The average molecular weight is 431 g/mol. The second-order valence-corrected chi connectivity index (χ2v) is 8.93. The normalized spacial score (nSPS) is 17.8. The molecule has 1 amide bonds. The van der Waals surface area contributed by atoms with E-state index in [1.165, 1.54) is 0 Å². The van der Waals surface area contributed by atoms with Gasteiger partial charge >= 0.3 is 0 Å². The predicted molar refractivity (Wildman–Crippen MR) is 126 cm³/mol. The molecule has 5 heteroatoms. The highest BCUT2D eigenvalue weighted by molar-refractivity contribution is 6.08. The summed E-state index contributed by atoms with van der Waals surface area (Å²) in [6.07, 6.45) is 0.424. The van der Waals surface area contributed by atoms with Crippen molar-refractivity contribution in [2.45, 2.75) is 39.0 Å². The summed E-state index contributed by atoms with van der Waals surface area (Å²) >= 11 is 0. The lowest BCUT2D eigenvalue weighted by Gasteiger charge is -2.29. The summed E-state index contributed by atoms with van der Waals surface area (Å²) in [5, 5.41) is 3.06. The molecular formula is C27H30N2O3. The second-order valence-electron chi connectivity index (χ2n) is 8.93. The minimum Gasteiger partial charge on any atom is -0.497 e. The van der Waals surface area contributed by atoms with Gasteiger partial charge in [-0.25, -0.2) is 0 Å². The molecule has 4 rings (SSSR count). The average Bonchev–Trinajstić information content (AvgIpc) is 3.22. The Morgan fingerprint density at radius 1 is 1.09 bits per heavy atom. The molecule has 1 aliphatic rings. The van der Waals surface area contributed by atoms with Gasteiger partial charge in [-0.1, -0.05) is 51.1 Å². The molecule has 0 fully saturated rings. The lowest BCUT2D eigenvalue weighted by atomic mass is 9.73. The molecule has 0 saturated carbocycles. The zero-order valence-corrected chi connectivity index (χ0v) is 19.1. The Balaban J connectivity index is 1.85. The van der Waals surface area contributed by atoms with Gasteiger partial charge in [-0.3, -0.25) is 9.59 Å². The second kappa shape index (κ2) is 9.03. The van der Waals surface area contributed by atoms with Crippen molar-refractivity contribution in [3.05, 3.63) is 77.0 Å². The first-order chi connectivity index (χ1) is 15.4. The van der Waals surface area contributed by atoms with E-state index in [9.17, 15) is 9.59 Å². The van der Waals surface area contributed by atoms with Gasteiger partial charge in [-0.2, -0.15) is 0 Å². The van der Waals surface area contributed by atoms with Crippen molar-refractivity contribution >= 4 is 11.7 Å². The van der Waals surface area contributed by atoms with Crippen LogP contribution in [0.15, 0.2) is 54.6 Å². The number of methoxy groups -OCH3 is 1. The Hall–Kier alpha value is -3.34. The first-order valence-electron chi connectivity index (χ1n) is 11.2. The van der Waals surface area contributed by atoms with Crippen LogP contribution in [0.25, 0.3) is 11.3 Å². The maximum absolute atomic E-state index is 13.4. The maximum atomic E-state index is 13.4. The van der Waals surface area contributed by atoms with Crippen LogP contribution in [0.5, 0.6) is 5.75 Å². The van der Waals surface area contributed by atoms with Crippen LogP contribution in [0.1, 0.15) is 71.0 Å². The van der Waals surface area contributed by atoms with Gasteiger partial charge in [0.05, 0.1) is 24.1 Å². The highest BCUT2D eigenvalue weighted by Gasteiger charge is 2.38. The highest BCUT2D eigenvalue weighted by Crippen LogP contribution is 2.46. The number of H-pyrrole nitrogens is 1. The van der Waals surface area contributed by atoms with Crippen LogP contribution in [-0.2, 0) is 0 Å². The van der Waals surface area contributed by atoms with E-state index in [4.69, 9.17) is 4.74 Å². The van der Waals surface area contributed by atoms with Crippen LogP contribution < -0.4 is 10.1 Å². The molecule has 0 unspecified atom stereocenters. The SMILES string of the molecule is COc1ccc(-c2[nH]c3c(c2C(=O)NCC(C)C)[C@@H](C)[C@H](c2ccccc2)CC3=O)cc1. The molecule has 0 aliphatic heterocycles. The van der Waals surface area contributed by atoms with E-state index in [1.54, 1.807) is 7.11 Å². The van der Waals surface area contributed by atoms with Gasteiger partial charge in [0.1, 0.15) is 5.75 Å². The van der Waals surface area contributed by atoms with Crippen LogP contribution in [0.2, 0.25) is 0 Å². The number of nitrogens with one attached hydrogen (secondary N) is 2.